The van der Waals surface area contributed by atoms with Gasteiger partial charge in [-0.1, -0.05) is 0 Å². The van der Waals surface area contributed by atoms with Gasteiger partial charge in [0.2, 0.25) is 0 Å². The molecule has 17 heavy (non-hydrogen) atoms. The number of nitrogens with two attached hydrogens (primary N) is 1. The molecule has 0 aliphatic heterocycles. The highest BCUT2D eigenvalue weighted by atomic mass is 16.5. The molecule has 0 aliphatic carbocycles. The van der Waals surface area contributed by atoms with Gasteiger partial charge in [-0.15, -0.1) is 0 Å². The summed E-state index contributed by atoms with van der Waals surface area (Å²) < 4.78 is 5.20. The van der Waals surface area contributed by atoms with Gasteiger partial charge >= 0.3 is 0 Å². The number of rotatable bonds is 4. The van der Waals surface area contributed by atoms with Crippen molar-refractivity contribution in [3.63, 3.8) is 0 Å². The highest BCUT2D eigenvalue weighted by molar-refractivity contribution is 5.92. The van der Waals surface area contributed by atoms with E-state index in [0.29, 0.717) is 6.54 Å². The third-order valence-electron chi connectivity index (χ3n) is 2.71. The SMILES string of the molecule is COc1ccc2c(NC(C)CN)nccc2c1. The lowest BCUT2D eigenvalue weighted by molar-refractivity contribution is 0.415. The van der Waals surface area contributed by atoms with Gasteiger partial charge in [0.25, 0.3) is 0 Å². The molecule has 0 bridgehead atoms. The molecule has 4 heteroatoms. The smallest absolute Gasteiger partial charge is 0.134 e. The molecular formula is C13H17N3O. The summed E-state index contributed by atoms with van der Waals surface area (Å²) in [6.07, 6.45) is 1.79. The number of methoxy groups -OCH3 is 1. The standard InChI is InChI=1S/C13H17N3O/c1-9(8-14)16-13-12-4-3-11(17-2)7-10(12)5-6-15-13/h3-7,9H,8,14H2,1-2H3,(H,15,16). The normalized spacial score (nSPS) is 12.4. The molecule has 1 unspecified atom stereocenters. The highest BCUT2D eigenvalue weighted by Gasteiger charge is 2.05. The Hall–Kier alpha value is -1.81. The lowest BCUT2D eigenvalue weighted by Gasteiger charge is -2.14. The molecule has 2 rings (SSSR count). The van der Waals surface area contributed by atoms with Crippen LogP contribution in [-0.4, -0.2) is 24.7 Å². The third-order valence-corrected chi connectivity index (χ3v) is 2.71. The van der Waals surface area contributed by atoms with Crippen molar-refractivity contribution in [3.8, 4) is 5.75 Å². The van der Waals surface area contributed by atoms with Crippen molar-refractivity contribution in [1.82, 2.24) is 4.98 Å². The largest absolute Gasteiger partial charge is 0.497 e. The Kier molecular flexibility index (Phi) is 3.44. The van der Waals surface area contributed by atoms with E-state index >= 15 is 0 Å². The number of nitrogens with one attached hydrogen (secondary N) is 1. The van der Waals surface area contributed by atoms with E-state index in [4.69, 9.17) is 10.5 Å². The Morgan fingerprint density at radius 2 is 2.24 bits per heavy atom. The number of aromatic nitrogens is 1. The average Bonchev–Trinajstić information content (AvgIpc) is 2.38. The molecule has 90 valence electrons. The van der Waals surface area contributed by atoms with Crippen molar-refractivity contribution in [3.05, 3.63) is 30.5 Å². The molecule has 0 aliphatic rings. The Labute approximate surface area is 101 Å². The first kappa shape index (κ1) is 11.7. The molecule has 3 N–H and O–H groups in total. The van der Waals surface area contributed by atoms with Crippen molar-refractivity contribution in [2.24, 2.45) is 5.73 Å². The van der Waals surface area contributed by atoms with Gasteiger partial charge in [0.15, 0.2) is 0 Å². The molecule has 0 saturated heterocycles. The van der Waals surface area contributed by atoms with Crippen LogP contribution in [0.5, 0.6) is 5.75 Å². The Balaban J connectivity index is 2.43. The quantitative estimate of drug-likeness (QED) is 0.845. The van der Waals surface area contributed by atoms with Crippen LogP contribution in [0.25, 0.3) is 10.8 Å². The summed E-state index contributed by atoms with van der Waals surface area (Å²) in [5.41, 5.74) is 5.60. The molecule has 0 saturated carbocycles. The van der Waals surface area contributed by atoms with Crippen molar-refractivity contribution in [1.29, 1.82) is 0 Å². The maximum atomic E-state index is 5.60. The first-order chi connectivity index (χ1) is 8.24. The van der Waals surface area contributed by atoms with E-state index in [-0.39, 0.29) is 6.04 Å². The highest BCUT2D eigenvalue weighted by Crippen LogP contribution is 2.25. The summed E-state index contributed by atoms with van der Waals surface area (Å²) in [5.74, 6) is 1.71. The van der Waals surface area contributed by atoms with Gasteiger partial charge in [-0.2, -0.15) is 0 Å². The van der Waals surface area contributed by atoms with Crippen LogP contribution < -0.4 is 15.8 Å². The number of ether oxygens (including phenoxy) is 1. The minimum Gasteiger partial charge on any atom is -0.497 e. The number of hydrogen-bond donors (Lipinski definition) is 2. The Morgan fingerprint density at radius 3 is 2.94 bits per heavy atom. The molecule has 1 atom stereocenters. The molecule has 0 radical (unpaired) electrons. The maximum absolute atomic E-state index is 5.60. The topological polar surface area (TPSA) is 60.2 Å². The van der Waals surface area contributed by atoms with Gasteiger partial charge < -0.3 is 15.8 Å². The van der Waals surface area contributed by atoms with E-state index in [1.54, 1.807) is 13.3 Å². The summed E-state index contributed by atoms with van der Waals surface area (Å²) >= 11 is 0. The van der Waals surface area contributed by atoms with E-state index in [1.807, 2.05) is 31.2 Å². The summed E-state index contributed by atoms with van der Waals surface area (Å²) in [5, 5.41) is 5.48. The van der Waals surface area contributed by atoms with Gasteiger partial charge in [0.1, 0.15) is 11.6 Å². The molecule has 1 aromatic carbocycles. The molecule has 1 aromatic heterocycles. The Morgan fingerprint density at radius 1 is 1.41 bits per heavy atom. The predicted octanol–water partition coefficient (Wildman–Crippen LogP) is 2.00. The van der Waals surface area contributed by atoms with Gasteiger partial charge in [0.05, 0.1) is 7.11 Å². The molecule has 2 aromatic rings. The van der Waals surface area contributed by atoms with Gasteiger partial charge in [-0.25, -0.2) is 4.98 Å². The fraction of sp³-hybridized carbons (Fsp3) is 0.308. The second-order valence-corrected chi connectivity index (χ2v) is 4.03. The number of fused-ring (bicyclic) bond motifs is 1. The minimum absolute atomic E-state index is 0.204. The first-order valence-corrected chi connectivity index (χ1v) is 5.64. The van der Waals surface area contributed by atoms with E-state index < -0.39 is 0 Å². The molecular weight excluding hydrogens is 214 g/mol. The summed E-state index contributed by atoms with van der Waals surface area (Å²) in [7, 11) is 1.66. The summed E-state index contributed by atoms with van der Waals surface area (Å²) in [6, 6.07) is 8.11. The number of pyridine rings is 1. The fourth-order valence-corrected chi connectivity index (χ4v) is 1.69. The van der Waals surface area contributed by atoms with E-state index in [1.165, 1.54) is 0 Å². The summed E-state index contributed by atoms with van der Waals surface area (Å²) in [4.78, 5) is 4.34. The Bertz CT molecular complexity index is 513. The number of nitrogens with zero attached hydrogens (tertiary/aromatic N) is 1. The van der Waals surface area contributed by atoms with Crippen LogP contribution in [-0.2, 0) is 0 Å². The van der Waals surface area contributed by atoms with Crippen molar-refractivity contribution >= 4 is 16.6 Å². The lowest BCUT2D eigenvalue weighted by Crippen LogP contribution is -2.25. The van der Waals surface area contributed by atoms with E-state index in [9.17, 15) is 0 Å². The van der Waals surface area contributed by atoms with E-state index in [2.05, 4.69) is 10.3 Å². The second kappa shape index (κ2) is 5.01. The third kappa shape index (κ3) is 2.47. The minimum atomic E-state index is 0.204. The van der Waals surface area contributed by atoms with Gasteiger partial charge in [-0.3, -0.25) is 0 Å². The van der Waals surface area contributed by atoms with Crippen LogP contribution in [0.15, 0.2) is 30.5 Å². The van der Waals surface area contributed by atoms with Crippen LogP contribution in [0.1, 0.15) is 6.92 Å². The van der Waals surface area contributed by atoms with Crippen LogP contribution >= 0.6 is 0 Å². The van der Waals surface area contributed by atoms with Crippen molar-refractivity contribution < 1.29 is 4.74 Å². The van der Waals surface area contributed by atoms with Crippen LogP contribution in [0, 0.1) is 0 Å². The van der Waals surface area contributed by atoms with Crippen LogP contribution in [0.2, 0.25) is 0 Å². The van der Waals surface area contributed by atoms with Crippen molar-refractivity contribution in [2.75, 3.05) is 19.0 Å². The van der Waals surface area contributed by atoms with Crippen molar-refractivity contribution in [2.45, 2.75) is 13.0 Å². The molecule has 0 fully saturated rings. The zero-order chi connectivity index (χ0) is 12.3. The van der Waals surface area contributed by atoms with E-state index in [0.717, 1.165) is 22.3 Å². The molecule has 0 spiro atoms. The summed E-state index contributed by atoms with van der Waals surface area (Å²) in [6.45, 7) is 2.61. The maximum Gasteiger partial charge on any atom is 0.134 e. The van der Waals surface area contributed by atoms with Gasteiger partial charge in [-0.05, 0) is 36.6 Å². The first-order valence-electron chi connectivity index (χ1n) is 5.64. The zero-order valence-electron chi connectivity index (χ0n) is 10.1. The monoisotopic (exact) mass is 231 g/mol. The van der Waals surface area contributed by atoms with Crippen LogP contribution in [0.3, 0.4) is 0 Å². The fourth-order valence-electron chi connectivity index (χ4n) is 1.69. The predicted molar refractivity (Wildman–Crippen MR) is 70.4 cm³/mol. The van der Waals surface area contributed by atoms with Gasteiger partial charge in [0, 0.05) is 24.2 Å². The zero-order valence-corrected chi connectivity index (χ0v) is 10.1. The van der Waals surface area contributed by atoms with Crippen LogP contribution in [0.4, 0.5) is 5.82 Å². The molecule has 1 heterocycles. The number of anilines is 1. The second-order valence-electron chi connectivity index (χ2n) is 4.03. The average molecular weight is 231 g/mol. The lowest BCUT2D eigenvalue weighted by atomic mass is 10.1. The number of benzene rings is 1. The number of hydrogen-bond acceptors (Lipinski definition) is 4. The molecule has 0 amide bonds. The molecule has 4 nitrogen and oxygen atoms in total.